The monoisotopic (exact) mass is 450 g/mol. The summed E-state index contributed by atoms with van der Waals surface area (Å²) in [4.78, 5) is 23.3. The lowest BCUT2D eigenvalue weighted by molar-refractivity contribution is 0.414. The first-order chi connectivity index (χ1) is 16.5. The average molecular weight is 451 g/mol. The van der Waals surface area contributed by atoms with Crippen LogP contribution in [0.1, 0.15) is 41.4 Å². The normalized spacial score (nSPS) is 13.6. The fourth-order valence-electron chi connectivity index (χ4n) is 4.86. The van der Waals surface area contributed by atoms with E-state index >= 15 is 0 Å². The molecule has 3 heterocycles. The summed E-state index contributed by atoms with van der Waals surface area (Å²) in [5.41, 5.74) is 6.20. The summed E-state index contributed by atoms with van der Waals surface area (Å²) in [5.74, 6) is 2.27. The van der Waals surface area contributed by atoms with Crippen LogP contribution in [-0.4, -0.2) is 26.2 Å². The highest BCUT2D eigenvalue weighted by atomic mass is 16.5. The van der Waals surface area contributed by atoms with Gasteiger partial charge in [0.15, 0.2) is 5.52 Å². The van der Waals surface area contributed by atoms with E-state index in [0.29, 0.717) is 17.9 Å². The van der Waals surface area contributed by atoms with Crippen LogP contribution in [0.5, 0.6) is 5.75 Å². The number of rotatable bonds is 5. The van der Waals surface area contributed by atoms with E-state index in [-0.39, 0.29) is 5.56 Å². The van der Waals surface area contributed by atoms with Crippen LogP contribution in [0, 0.1) is 6.92 Å². The Kier molecular flexibility index (Phi) is 4.76. The van der Waals surface area contributed by atoms with Gasteiger partial charge in [-0.2, -0.15) is 0 Å². The lowest BCUT2D eigenvalue weighted by Crippen LogP contribution is -2.21. The van der Waals surface area contributed by atoms with Crippen LogP contribution in [0.4, 0.5) is 0 Å². The van der Waals surface area contributed by atoms with Crippen LogP contribution in [0.25, 0.3) is 27.6 Å². The number of pyridine rings is 2. The summed E-state index contributed by atoms with van der Waals surface area (Å²) >= 11 is 0. The molecule has 6 nitrogen and oxygen atoms in total. The molecule has 0 aliphatic heterocycles. The van der Waals surface area contributed by atoms with Crippen molar-refractivity contribution in [3.63, 3.8) is 0 Å². The minimum absolute atomic E-state index is 0.108. The molecule has 1 aliphatic rings. The van der Waals surface area contributed by atoms with Crippen LogP contribution >= 0.6 is 0 Å². The topological polar surface area (TPSA) is 61.9 Å². The van der Waals surface area contributed by atoms with E-state index in [2.05, 4.69) is 27.8 Å². The van der Waals surface area contributed by atoms with E-state index < -0.39 is 0 Å². The number of aryl methyl sites for hydroxylation is 2. The second-order valence-electron chi connectivity index (χ2n) is 9.11. The van der Waals surface area contributed by atoms with E-state index in [1.54, 1.807) is 17.9 Å². The van der Waals surface area contributed by atoms with Crippen molar-refractivity contribution in [2.24, 2.45) is 7.05 Å². The fourth-order valence-corrected chi connectivity index (χ4v) is 4.86. The molecule has 3 aromatic heterocycles. The van der Waals surface area contributed by atoms with Gasteiger partial charge in [0.2, 0.25) is 0 Å². The number of methoxy groups -OCH3 is 1. The standard InChI is InChI=1S/C28H26N4O2/c1-17-23(5-4-14-29-17)32-24-16-20(19-8-9-19)10-13-22(24)27-26(28(32)33)30-25(31(27)2)15-18-6-11-21(34-3)12-7-18/h4-7,10-14,16,19H,8-9,15H2,1-3H3. The number of hydrogen-bond donors (Lipinski definition) is 0. The number of fused-ring (bicyclic) bond motifs is 3. The third-order valence-electron chi connectivity index (χ3n) is 6.90. The second-order valence-corrected chi connectivity index (χ2v) is 9.11. The maximum absolute atomic E-state index is 13.9. The molecule has 0 bridgehead atoms. The number of hydrogen-bond acceptors (Lipinski definition) is 4. The summed E-state index contributed by atoms with van der Waals surface area (Å²) in [5, 5.41) is 1.03. The van der Waals surface area contributed by atoms with Gasteiger partial charge in [-0.1, -0.05) is 24.3 Å². The quantitative estimate of drug-likeness (QED) is 0.376. The molecule has 6 rings (SSSR count). The van der Waals surface area contributed by atoms with Crippen LogP contribution in [0.2, 0.25) is 0 Å². The molecule has 0 amide bonds. The number of benzene rings is 2. The minimum atomic E-state index is -0.108. The van der Waals surface area contributed by atoms with Crippen LogP contribution in [-0.2, 0) is 13.5 Å². The van der Waals surface area contributed by atoms with E-state index in [4.69, 9.17) is 9.72 Å². The summed E-state index contributed by atoms with van der Waals surface area (Å²) in [6, 6.07) is 18.4. The fraction of sp³-hybridized carbons (Fsp3) is 0.250. The zero-order chi connectivity index (χ0) is 23.4. The van der Waals surface area contributed by atoms with E-state index in [1.807, 2.05) is 50.4 Å². The Morgan fingerprint density at radius 3 is 2.59 bits per heavy atom. The number of aromatic nitrogens is 4. The van der Waals surface area contributed by atoms with Crippen molar-refractivity contribution in [2.75, 3.05) is 7.11 Å². The Balaban J connectivity index is 1.61. The SMILES string of the molecule is COc1ccc(Cc2nc3c(=O)n(-c4cccnc4C)c4cc(C5CC5)ccc4c3n2C)cc1. The van der Waals surface area contributed by atoms with Gasteiger partial charge in [-0.05, 0) is 67.1 Å². The van der Waals surface area contributed by atoms with E-state index in [0.717, 1.165) is 44.9 Å². The van der Waals surface area contributed by atoms with Crippen molar-refractivity contribution >= 4 is 21.9 Å². The molecule has 0 spiro atoms. The Morgan fingerprint density at radius 2 is 1.88 bits per heavy atom. The van der Waals surface area contributed by atoms with Gasteiger partial charge < -0.3 is 9.30 Å². The van der Waals surface area contributed by atoms with Gasteiger partial charge >= 0.3 is 0 Å². The van der Waals surface area contributed by atoms with Gasteiger partial charge in [0, 0.05) is 25.1 Å². The summed E-state index contributed by atoms with van der Waals surface area (Å²) < 4.78 is 9.15. The zero-order valence-electron chi connectivity index (χ0n) is 19.6. The molecule has 0 atom stereocenters. The number of nitrogens with zero attached hydrogens (tertiary/aromatic N) is 4. The van der Waals surface area contributed by atoms with Crippen molar-refractivity contribution in [2.45, 2.75) is 32.1 Å². The van der Waals surface area contributed by atoms with Crippen molar-refractivity contribution in [3.8, 4) is 11.4 Å². The van der Waals surface area contributed by atoms with Crippen LogP contribution < -0.4 is 10.3 Å². The molecule has 6 heteroatoms. The molecule has 1 fully saturated rings. The van der Waals surface area contributed by atoms with Gasteiger partial charge in [0.05, 0.1) is 29.5 Å². The van der Waals surface area contributed by atoms with Crippen molar-refractivity contribution in [3.05, 3.63) is 93.8 Å². The van der Waals surface area contributed by atoms with Crippen LogP contribution in [0.3, 0.4) is 0 Å². The molecular weight excluding hydrogens is 424 g/mol. The predicted molar refractivity (Wildman–Crippen MR) is 134 cm³/mol. The van der Waals surface area contributed by atoms with Gasteiger partial charge in [0.25, 0.3) is 5.56 Å². The zero-order valence-corrected chi connectivity index (χ0v) is 19.6. The largest absolute Gasteiger partial charge is 0.497 e. The third-order valence-corrected chi connectivity index (χ3v) is 6.90. The minimum Gasteiger partial charge on any atom is -0.497 e. The van der Waals surface area contributed by atoms with Gasteiger partial charge in [-0.15, -0.1) is 0 Å². The molecule has 0 radical (unpaired) electrons. The summed E-state index contributed by atoms with van der Waals surface area (Å²) in [7, 11) is 3.66. The number of ether oxygens (including phenoxy) is 1. The molecule has 1 aliphatic carbocycles. The van der Waals surface area contributed by atoms with Gasteiger partial charge in [-0.25, -0.2) is 4.98 Å². The molecule has 5 aromatic rings. The van der Waals surface area contributed by atoms with E-state index in [9.17, 15) is 4.79 Å². The summed E-state index contributed by atoms with van der Waals surface area (Å²) in [6.07, 6.45) is 4.80. The van der Waals surface area contributed by atoms with Gasteiger partial charge in [0.1, 0.15) is 11.6 Å². The van der Waals surface area contributed by atoms with Crippen molar-refractivity contribution in [1.82, 2.24) is 19.1 Å². The Hall–Kier alpha value is -3.93. The average Bonchev–Trinajstić information content (AvgIpc) is 3.65. The molecule has 2 aromatic carbocycles. The highest BCUT2D eigenvalue weighted by Gasteiger charge is 2.26. The van der Waals surface area contributed by atoms with Crippen molar-refractivity contribution in [1.29, 1.82) is 0 Å². The molecule has 0 N–H and O–H groups in total. The molecule has 0 saturated heterocycles. The highest BCUT2D eigenvalue weighted by Crippen LogP contribution is 2.41. The molecule has 0 unspecified atom stereocenters. The van der Waals surface area contributed by atoms with Crippen LogP contribution in [0.15, 0.2) is 65.6 Å². The second kappa shape index (κ2) is 7.83. The predicted octanol–water partition coefficient (Wildman–Crippen LogP) is 5.06. The molecular formula is C28H26N4O2. The van der Waals surface area contributed by atoms with E-state index in [1.165, 1.54) is 18.4 Å². The third kappa shape index (κ3) is 3.29. The first-order valence-electron chi connectivity index (χ1n) is 11.6. The first-order valence-corrected chi connectivity index (χ1v) is 11.6. The molecule has 1 saturated carbocycles. The Labute approximate surface area is 197 Å². The maximum Gasteiger partial charge on any atom is 0.283 e. The summed E-state index contributed by atoms with van der Waals surface area (Å²) in [6.45, 7) is 1.94. The van der Waals surface area contributed by atoms with Gasteiger partial charge in [-0.3, -0.25) is 14.3 Å². The first kappa shape index (κ1) is 20.7. The Bertz CT molecular complexity index is 1610. The number of imidazole rings is 1. The lowest BCUT2D eigenvalue weighted by atomic mass is 10.1. The Morgan fingerprint density at radius 1 is 1.09 bits per heavy atom. The maximum atomic E-state index is 13.9. The molecule has 170 valence electrons. The smallest absolute Gasteiger partial charge is 0.283 e. The van der Waals surface area contributed by atoms with Crippen molar-refractivity contribution < 1.29 is 4.74 Å². The highest BCUT2D eigenvalue weighted by molar-refractivity contribution is 6.03. The lowest BCUT2D eigenvalue weighted by Gasteiger charge is -2.14. The molecule has 34 heavy (non-hydrogen) atoms.